The summed E-state index contributed by atoms with van der Waals surface area (Å²) < 4.78 is 0. The Morgan fingerprint density at radius 3 is 2.79 bits per heavy atom. The molecule has 0 unspecified atom stereocenters. The number of hydrogen-bond donors (Lipinski definition) is 1. The molecule has 0 spiro atoms. The molecule has 1 aromatic rings. The molecule has 0 bridgehead atoms. The lowest BCUT2D eigenvalue weighted by atomic mass is 10.1. The second-order valence-electron chi connectivity index (χ2n) is 3.46. The van der Waals surface area contributed by atoms with Crippen LogP contribution in [0.25, 0.3) is 0 Å². The van der Waals surface area contributed by atoms with Crippen LogP contribution in [0.1, 0.15) is 29.2 Å². The topological polar surface area (TPSA) is 65.8 Å². The van der Waals surface area contributed by atoms with Gasteiger partial charge < -0.3 is 5.32 Å². The van der Waals surface area contributed by atoms with Crippen LogP contribution in [0.2, 0.25) is 0 Å². The Hall–Kier alpha value is -1.41. The summed E-state index contributed by atoms with van der Waals surface area (Å²) in [5.74, 6) is -0.239. The van der Waals surface area contributed by atoms with Crippen LogP contribution in [0.5, 0.6) is 0 Å². The minimum Gasteiger partial charge on any atom is -0.333 e. The van der Waals surface area contributed by atoms with Gasteiger partial charge in [-0.2, -0.15) is 5.26 Å². The number of rotatable bonds is 2. The molecule has 1 amide bonds. The lowest BCUT2D eigenvalue weighted by Crippen LogP contribution is -2.41. The third-order valence-electron chi connectivity index (χ3n) is 1.66. The first kappa shape index (κ1) is 10.7. The molecule has 0 fully saturated rings. The van der Waals surface area contributed by atoms with E-state index in [-0.39, 0.29) is 5.91 Å². The molecule has 1 rings (SSSR count). The minimum atomic E-state index is -0.840. The van der Waals surface area contributed by atoms with Crippen molar-refractivity contribution in [2.75, 3.05) is 0 Å². The molecule has 0 aliphatic carbocycles. The van der Waals surface area contributed by atoms with Crippen LogP contribution in [-0.4, -0.2) is 16.4 Å². The van der Waals surface area contributed by atoms with E-state index in [1.807, 2.05) is 6.07 Å². The molecule has 0 saturated carbocycles. The maximum Gasteiger partial charge on any atom is 0.264 e. The molecular weight excluding hydrogens is 198 g/mol. The highest BCUT2D eigenvalue weighted by molar-refractivity contribution is 7.11. The Kier molecular flexibility index (Phi) is 2.87. The number of nitrogens with zero attached hydrogens (tertiary/aromatic N) is 2. The van der Waals surface area contributed by atoms with Gasteiger partial charge in [-0.15, -0.1) is 11.3 Å². The smallest absolute Gasteiger partial charge is 0.264 e. The first-order valence-electron chi connectivity index (χ1n) is 4.10. The molecule has 0 aliphatic rings. The van der Waals surface area contributed by atoms with Crippen molar-refractivity contribution in [3.8, 4) is 6.07 Å². The summed E-state index contributed by atoms with van der Waals surface area (Å²) in [6.45, 7) is 5.08. The second kappa shape index (κ2) is 3.76. The van der Waals surface area contributed by atoms with Crippen molar-refractivity contribution < 1.29 is 4.79 Å². The molecule has 0 aromatic carbocycles. The third-order valence-corrected chi connectivity index (χ3v) is 2.58. The van der Waals surface area contributed by atoms with Crippen LogP contribution in [0.3, 0.4) is 0 Å². The van der Waals surface area contributed by atoms with Crippen molar-refractivity contribution in [3.05, 3.63) is 16.1 Å². The van der Waals surface area contributed by atoms with Crippen molar-refractivity contribution in [1.29, 1.82) is 5.26 Å². The van der Waals surface area contributed by atoms with E-state index in [9.17, 15) is 4.79 Å². The zero-order valence-corrected chi connectivity index (χ0v) is 9.10. The van der Waals surface area contributed by atoms with Gasteiger partial charge in [-0.25, -0.2) is 4.98 Å². The van der Waals surface area contributed by atoms with Gasteiger partial charge in [0.25, 0.3) is 5.91 Å². The van der Waals surface area contributed by atoms with Gasteiger partial charge >= 0.3 is 0 Å². The van der Waals surface area contributed by atoms with Crippen LogP contribution in [0.4, 0.5) is 0 Å². The highest BCUT2D eigenvalue weighted by atomic mass is 32.1. The second-order valence-corrected chi connectivity index (χ2v) is 4.31. The van der Waals surface area contributed by atoms with Crippen molar-refractivity contribution in [3.63, 3.8) is 0 Å². The summed E-state index contributed by atoms with van der Waals surface area (Å²) in [5.41, 5.74) is 1.47. The molecule has 0 aliphatic heterocycles. The van der Waals surface area contributed by atoms with Gasteiger partial charge in [0, 0.05) is 0 Å². The predicted molar refractivity (Wildman–Crippen MR) is 54.0 cm³/mol. The molecule has 1 heterocycles. The molecule has 0 atom stereocenters. The summed E-state index contributed by atoms with van der Waals surface area (Å²) in [7, 11) is 0. The summed E-state index contributed by atoms with van der Waals surface area (Å²) in [6.07, 6.45) is 0. The first-order chi connectivity index (χ1) is 6.46. The van der Waals surface area contributed by atoms with E-state index in [2.05, 4.69) is 10.3 Å². The Morgan fingerprint density at radius 1 is 1.71 bits per heavy atom. The number of aryl methyl sites for hydroxylation is 1. The lowest BCUT2D eigenvalue weighted by Gasteiger charge is -2.16. The van der Waals surface area contributed by atoms with Gasteiger partial charge in [0.1, 0.15) is 10.4 Å². The normalized spacial score (nSPS) is 10.7. The number of thiazole rings is 1. The zero-order chi connectivity index (χ0) is 10.8. The summed E-state index contributed by atoms with van der Waals surface area (Å²) >= 11 is 1.28. The first-order valence-corrected chi connectivity index (χ1v) is 4.98. The minimum absolute atomic E-state index is 0.239. The molecule has 5 heteroatoms. The largest absolute Gasteiger partial charge is 0.333 e. The van der Waals surface area contributed by atoms with Crippen molar-refractivity contribution >= 4 is 17.2 Å². The number of carbonyl (C=O) groups is 1. The lowest BCUT2D eigenvalue weighted by molar-refractivity contribution is 0.0932. The number of aromatic nitrogens is 1. The highest BCUT2D eigenvalue weighted by Crippen LogP contribution is 2.13. The average molecular weight is 209 g/mol. The van der Waals surface area contributed by atoms with Crippen LogP contribution in [0.15, 0.2) is 5.51 Å². The Labute approximate surface area is 86.6 Å². The van der Waals surface area contributed by atoms with Gasteiger partial charge in [0.15, 0.2) is 0 Å². The Bertz CT molecular complexity index is 389. The van der Waals surface area contributed by atoms with Crippen molar-refractivity contribution in [2.24, 2.45) is 0 Å². The van der Waals surface area contributed by atoms with E-state index in [0.717, 1.165) is 0 Å². The monoisotopic (exact) mass is 209 g/mol. The Morgan fingerprint density at radius 2 is 2.36 bits per heavy atom. The number of amides is 1. The molecule has 1 N–H and O–H groups in total. The Balaban J connectivity index is 2.80. The van der Waals surface area contributed by atoms with Gasteiger partial charge in [-0.05, 0) is 20.8 Å². The quantitative estimate of drug-likeness (QED) is 0.802. The third kappa shape index (κ3) is 2.30. The fourth-order valence-corrected chi connectivity index (χ4v) is 1.59. The molecule has 14 heavy (non-hydrogen) atoms. The van der Waals surface area contributed by atoms with Crippen molar-refractivity contribution in [2.45, 2.75) is 26.3 Å². The molecular formula is C9H11N3OS. The van der Waals surface area contributed by atoms with Crippen LogP contribution in [0, 0.1) is 18.3 Å². The molecule has 1 aromatic heterocycles. The maximum atomic E-state index is 11.6. The number of nitriles is 1. The van der Waals surface area contributed by atoms with Crippen LogP contribution in [-0.2, 0) is 0 Å². The number of nitrogens with one attached hydrogen (secondary N) is 1. The number of carbonyl (C=O) groups excluding carboxylic acids is 1. The van der Waals surface area contributed by atoms with E-state index < -0.39 is 5.54 Å². The van der Waals surface area contributed by atoms with Gasteiger partial charge in [-0.1, -0.05) is 0 Å². The van der Waals surface area contributed by atoms with E-state index in [4.69, 9.17) is 5.26 Å². The summed E-state index contributed by atoms with van der Waals surface area (Å²) in [4.78, 5) is 16.1. The van der Waals surface area contributed by atoms with Gasteiger partial charge in [0.2, 0.25) is 0 Å². The fraction of sp³-hybridized carbons (Fsp3) is 0.444. The highest BCUT2D eigenvalue weighted by Gasteiger charge is 2.22. The van der Waals surface area contributed by atoms with E-state index in [0.29, 0.717) is 10.6 Å². The average Bonchev–Trinajstić information content (AvgIpc) is 2.51. The van der Waals surface area contributed by atoms with Gasteiger partial charge in [-0.3, -0.25) is 4.79 Å². The van der Waals surface area contributed by atoms with Crippen LogP contribution < -0.4 is 5.32 Å². The number of hydrogen-bond acceptors (Lipinski definition) is 4. The van der Waals surface area contributed by atoms with Crippen molar-refractivity contribution in [1.82, 2.24) is 10.3 Å². The standard InChI is InChI=1S/C9H11N3OS/c1-6-7(14-5-11-6)8(13)12-9(2,3)4-10/h5H,1-3H3,(H,12,13). The van der Waals surface area contributed by atoms with Crippen LogP contribution >= 0.6 is 11.3 Å². The van der Waals surface area contributed by atoms with Gasteiger partial charge in [0.05, 0.1) is 17.3 Å². The predicted octanol–water partition coefficient (Wildman–Crippen LogP) is 1.48. The van der Waals surface area contributed by atoms with E-state index >= 15 is 0 Å². The summed E-state index contributed by atoms with van der Waals surface area (Å²) in [6, 6.07) is 2.01. The molecule has 4 nitrogen and oxygen atoms in total. The molecule has 74 valence electrons. The SMILES string of the molecule is Cc1ncsc1C(=O)NC(C)(C)C#N. The zero-order valence-electron chi connectivity index (χ0n) is 8.29. The molecule has 0 saturated heterocycles. The van der Waals surface area contributed by atoms with E-state index in [1.165, 1.54) is 11.3 Å². The van der Waals surface area contributed by atoms with E-state index in [1.54, 1.807) is 26.3 Å². The maximum absolute atomic E-state index is 11.6. The molecule has 0 radical (unpaired) electrons. The fourth-order valence-electron chi connectivity index (χ4n) is 0.888. The summed E-state index contributed by atoms with van der Waals surface area (Å²) in [5, 5.41) is 11.4.